The number of nitrogens with zero attached hydrogens (tertiary/aromatic N) is 1. The number of fused-ring (bicyclic) bond motifs is 3. The molecule has 0 fully saturated rings. The van der Waals surface area contributed by atoms with E-state index in [1.807, 2.05) is 0 Å². The fraction of sp³-hybridized carbons (Fsp3) is 0. The van der Waals surface area contributed by atoms with Gasteiger partial charge in [-0.2, -0.15) is 0 Å². The summed E-state index contributed by atoms with van der Waals surface area (Å²) in [6.07, 6.45) is 0. The van der Waals surface area contributed by atoms with E-state index in [1.54, 1.807) is 0 Å². The molecule has 0 radical (unpaired) electrons. The molecule has 1 heterocycles. The van der Waals surface area contributed by atoms with Crippen molar-refractivity contribution in [2.24, 2.45) is 0 Å². The van der Waals surface area contributed by atoms with Gasteiger partial charge in [0.25, 0.3) is 0 Å². The van der Waals surface area contributed by atoms with Crippen LogP contribution in [0.3, 0.4) is 0 Å². The molecule has 51 heavy (non-hydrogen) atoms. The predicted molar refractivity (Wildman–Crippen MR) is 219 cm³/mol. The van der Waals surface area contributed by atoms with Crippen molar-refractivity contribution in [1.82, 2.24) is 4.57 Å². The Morgan fingerprint density at radius 2 is 0.667 bits per heavy atom. The highest BCUT2D eigenvalue weighted by Gasteiger charge is 2.18. The number of para-hydroxylation sites is 1. The maximum atomic E-state index is 2.46. The first kappa shape index (κ1) is 27.2. The third-order valence-electron chi connectivity index (χ3n) is 11.5. The molecule has 234 valence electrons. The van der Waals surface area contributed by atoms with Gasteiger partial charge in [0.1, 0.15) is 0 Å². The smallest absolute Gasteiger partial charge is 0.0547 e. The van der Waals surface area contributed by atoms with E-state index in [2.05, 4.69) is 180 Å². The Morgan fingerprint density at radius 1 is 0.275 bits per heavy atom. The summed E-state index contributed by atoms with van der Waals surface area (Å²) in [6, 6.07) is 65.7. The lowest BCUT2D eigenvalue weighted by Crippen LogP contribution is -1.94. The molecule has 0 bridgehead atoms. The Hall–Kier alpha value is -6.70. The number of rotatable bonds is 3. The summed E-state index contributed by atoms with van der Waals surface area (Å²) in [6.45, 7) is 0. The maximum absolute atomic E-state index is 2.46. The molecule has 11 aromatic carbocycles. The summed E-state index contributed by atoms with van der Waals surface area (Å²) < 4.78 is 2.46. The van der Waals surface area contributed by atoms with Crippen molar-refractivity contribution in [3.8, 4) is 27.9 Å². The zero-order valence-corrected chi connectivity index (χ0v) is 27.7. The normalized spacial score (nSPS) is 12.3. The number of benzene rings is 11. The lowest BCUT2D eigenvalue weighted by Gasteiger charge is -2.15. The molecule has 0 unspecified atom stereocenters. The first-order valence-corrected chi connectivity index (χ1v) is 17.8. The van der Waals surface area contributed by atoms with Crippen LogP contribution in [0, 0.1) is 0 Å². The van der Waals surface area contributed by atoms with Crippen LogP contribution < -0.4 is 0 Å². The average Bonchev–Trinajstić information content (AvgIpc) is 3.52. The molecule has 0 spiro atoms. The minimum atomic E-state index is 1.16. The molecule has 0 aliphatic rings. The Morgan fingerprint density at radius 3 is 1.14 bits per heavy atom. The van der Waals surface area contributed by atoms with Crippen molar-refractivity contribution in [2.75, 3.05) is 0 Å². The second-order valence-electron chi connectivity index (χ2n) is 14.1. The molecule has 12 aromatic rings. The average molecular weight is 644 g/mol. The van der Waals surface area contributed by atoms with Crippen molar-refractivity contribution >= 4 is 86.4 Å². The topological polar surface area (TPSA) is 4.93 Å². The largest absolute Gasteiger partial charge is 0.309 e. The second-order valence-corrected chi connectivity index (χ2v) is 14.1. The molecule has 0 N–H and O–H groups in total. The fourth-order valence-corrected chi connectivity index (χ4v) is 9.18. The van der Waals surface area contributed by atoms with E-state index in [9.17, 15) is 0 Å². The molecule has 0 saturated heterocycles. The molecule has 0 saturated carbocycles. The zero-order valence-electron chi connectivity index (χ0n) is 27.7. The summed E-state index contributed by atoms with van der Waals surface area (Å²) in [5, 5.41) is 18.3. The number of aromatic nitrogens is 1. The van der Waals surface area contributed by atoms with Crippen LogP contribution in [-0.2, 0) is 0 Å². The van der Waals surface area contributed by atoms with Gasteiger partial charge in [-0.3, -0.25) is 0 Å². The second kappa shape index (κ2) is 9.94. The van der Waals surface area contributed by atoms with Crippen LogP contribution >= 0.6 is 0 Å². The van der Waals surface area contributed by atoms with Crippen LogP contribution in [0.5, 0.6) is 0 Å². The molecule has 0 aliphatic heterocycles. The van der Waals surface area contributed by atoms with E-state index in [4.69, 9.17) is 0 Å². The van der Waals surface area contributed by atoms with Gasteiger partial charge in [0.15, 0.2) is 0 Å². The predicted octanol–water partition coefficient (Wildman–Crippen LogP) is 13.9. The molecule has 0 atom stereocenters. The van der Waals surface area contributed by atoms with Gasteiger partial charge in [-0.1, -0.05) is 152 Å². The van der Waals surface area contributed by atoms with E-state index >= 15 is 0 Å². The Balaban J connectivity index is 1.12. The standard InChI is InChI=1S/C50H29N/c1-2-10-38(11-3-1)51-45-28-36(39-22-16-34-14-12-30-6-4-8-32-18-26-43(39)49(34)47(30)32)20-24-41(45)42-25-21-37(29-46(42)51)40-23-17-35-15-13-31-7-5-9-33-19-27-44(40)50(35)48(31)33/h1-29H. The first-order valence-electron chi connectivity index (χ1n) is 17.8. The van der Waals surface area contributed by atoms with Gasteiger partial charge < -0.3 is 4.57 Å². The van der Waals surface area contributed by atoms with Gasteiger partial charge in [0, 0.05) is 16.5 Å². The van der Waals surface area contributed by atoms with E-state index in [0.717, 1.165) is 5.69 Å². The monoisotopic (exact) mass is 643 g/mol. The molecule has 0 amide bonds. The minimum absolute atomic E-state index is 1.16. The quantitative estimate of drug-likeness (QED) is 0.169. The van der Waals surface area contributed by atoms with Gasteiger partial charge in [0.05, 0.1) is 11.0 Å². The highest BCUT2D eigenvalue weighted by atomic mass is 15.0. The van der Waals surface area contributed by atoms with E-state index in [1.165, 1.54) is 109 Å². The van der Waals surface area contributed by atoms with Crippen molar-refractivity contribution in [1.29, 1.82) is 0 Å². The number of hydrogen-bond donors (Lipinski definition) is 0. The van der Waals surface area contributed by atoms with E-state index in [0.29, 0.717) is 0 Å². The highest BCUT2D eigenvalue weighted by Crippen LogP contribution is 2.43. The highest BCUT2D eigenvalue weighted by molar-refractivity contribution is 6.27. The van der Waals surface area contributed by atoms with E-state index < -0.39 is 0 Å². The molecule has 12 rings (SSSR count). The summed E-state index contributed by atoms with van der Waals surface area (Å²) in [5.74, 6) is 0. The lowest BCUT2D eigenvalue weighted by molar-refractivity contribution is 1.18. The molecule has 1 nitrogen and oxygen atoms in total. The molecular formula is C50H29N. The SMILES string of the molecule is c1ccc(-n2c3cc(-c4ccc5ccc6cccc7ccc4c5c67)ccc3c3ccc(-c4ccc5ccc6cccc7ccc4c5c67)cc32)cc1. The number of hydrogen-bond acceptors (Lipinski definition) is 0. The Labute approximate surface area is 293 Å². The molecule has 1 heteroatoms. The van der Waals surface area contributed by atoms with Crippen molar-refractivity contribution in [3.63, 3.8) is 0 Å². The van der Waals surface area contributed by atoms with Gasteiger partial charge in [0.2, 0.25) is 0 Å². The third-order valence-corrected chi connectivity index (χ3v) is 11.5. The maximum Gasteiger partial charge on any atom is 0.0547 e. The molecule has 0 aliphatic carbocycles. The summed E-state index contributed by atoms with van der Waals surface area (Å²) in [4.78, 5) is 0. The van der Waals surface area contributed by atoms with Gasteiger partial charge in [-0.25, -0.2) is 0 Å². The fourth-order valence-electron chi connectivity index (χ4n) is 9.18. The van der Waals surface area contributed by atoms with Gasteiger partial charge in [-0.05, 0) is 111 Å². The van der Waals surface area contributed by atoms with Crippen LogP contribution in [0.2, 0.25) is 0 Å². The summed E-state index contributed by atoms with van der Waals surface area (Å²) in [5.41, 5.74) is 8.58. The molecular weight excluding hydrogens is 615 g/mol. The first-order chi connectivity index (χ1) is 25.3. The Kier molecular flexibility index (Phi) is 5.29. The molecule has 1 aromatic heterocycles. The Bertz CT molecular complexity index is 3110. The van der Waals surface area contributed by atoms with Crippen LogP contribution in [0.25, 0.3) is 114 Å². The van der Waals surface area contributed by atoms with Crippen LogP contribution in [0.4, 0.5) is 0 Å². The summed E-state index contributed by atoms with van der Waals surface area (Å²) >= 11 is 0. The van der Waals surface area contributed by atoms with Crippen molar-refractivity contribution < 1.29 is 0 Å². The van der Waals surface area contributed by atoms with Crippen molar-refractivity contribution in [3.05, 3.63) is 176 Å². The minimum Gasteiger partial charge on any atom is -0.309 e. The van der Waals surface area contributed by atoms with Crippen LogP contribution in [0.15, 0.2) is 176 Å². The third kappa shape index (κ3) is 3.70. The van der Waals surface area contributed by atoms with Gasteiger partial charge >= 0.3 is 0 Å². The van der Waals surface area contributed by atoms with E-state index in [-0.39, 0.29) is 0 Å². The lowest BCUT2D eigenvalue weighted by atomic mass is 9.89. The zero-order chi connectivity index (χ0) is 33.2. The summed E-state index contributed by atoms with van der Waals surface area (Å²) in [7, 11) is 0. The van der Waals surface area contributed by atoms with Crippen LogP contribution in [-0.4, -0.2) is 4.57 Å². The van der Waals surface area contributed by atoms with Crippen LogP contribution in [0.1, 0.15) is 0 Å². The van der Waals surface area contributed by atoms with Crippen molar-refractivity contribution in [2.45, 2.75) is 0 Å². The van der Waals surface area contributed by atoms with Gasteiger partial charge in [-0.15, -0.1) is 0 Å².